The predicted molar refractivity (Wildman–Crippen MR) is 73.2 cm³/mol. The fourth-order valence-electron chi connectivity index (χ4n) is 2.72. The average molecular weight is 277 g/mol. The van der Waals surface area contributed by atoms with E-state index >= 15 is 0 Å². The third kappa shape index (κ3) is 2.72. The van der Waals surface area contributed by atoms with Gasteiger partial charge in [-0.3, -0.25) is 4.79 Å². The summed E-state index contributed by atoms with van der Waals surface area (Å²) in [5, 5.41) is 12.8. The topological polar surface area (TPSA) is 67.8 Å². The molecular weight excluding hydrogens is 258 g/mol. The van der Waals surface area contributed by atoms with Crippen LogP contribution in [-0.2, 0) is 0 Å². The van der Waals surface area contributed by atoms with Crippen LogP contribution in [0.3, 0.4) is 0 Å². The molecule has 20 heavy (non-hydrogen) atoms. The van der Waals surface area contributed by atoms with Gasteiger partial charge in [-0.1, -0.05) is 12.8 Å². The Hall–Kier alpha value is -1.75. The molecule has 0 radical (unpaired) electrons. The molecule has 2 atom stereocenters. The van der Waals surface area contributed by atoms with Gasteiger partial charge < -0.3 is 19.9 Å². The lowest BCUT2D eigenvalue weighted by molar-refractivity contribution is 0.0716. The molecule has 5 nitrogen and oxygen atoms in total. The zero-order valence-electron chi connectivity index (χ0n) is 11.3. The lowest BCUT2D eigenvalue weighted by atomic mass is 9.92. The van der Waals surface area contributed by atoms with E-state index in [0.717, 1.165) is 25.7 Å². The number of aliphatic hydroxyl groups excluding tert-OH is 1. The molecule has 0 aromatic heterocycles. The van der Waals surface area contributed by atoms with Gasteiger partial charge in [0.2, 0.25) is 0 Å². The zero-order chi connectivity index (χ0) is 13.9. The highest BCUT2D eigenvalue weighted by molar-refractivity contribution is 5.95. The second-order valence-electron chi connectivity index (χ2n) is 5.29. The second-order valence-corrected chi connectivity index (χ2v) is 5.29. The summed E-state index contributed by atoms with van der Waals surface area (Å²) in [4.78, 5) is 12.2. The van der Waals surface area contributed by atoms with Crippen LogP contribution in [-0.4, -0.2) is 36.4 Å². The van der Waals surface area contributed by atoms with Crippen molar-refractivity contribution in [3.05, 3.63) is 23.8 Å². The average Bonchev–Trinajstić information content (AvgIpc) is 2.49. The number of rotatable bonds is 2. The first-order chi connectivity index (χ1) is 9.74. The van der Waals surface area contributed by atoms with Crippen LogP contribution >= 0.6 is 0 Å². The number of nitrogens with one attached hydrogen (secondary N) is 1. The largest absolute Gasteiger partial charge is 0.486 e. The summed E-state index contributed by atoms with van der Waals surface area (Å²) in [6.45, 7) is 1.03. The van der Waals surface area contributed by atoms with Gasteiger partial charge in [-0.2, -0.15) is 0 Å². The molecular formula is C15H19NO4. The van der Waals surface area contributed by atoms with Crippen LogP contribution < -0.4 is 14.8 Å². The van der Waals surface area contributed by atoms with Gasteiger partial charge in [-0.15, -0.1) is 0 Å². The van der Waals surface area contributed by atoms with Crippen molar-refractivity contribution in [3.63, 3.8) is 0 Å². The molecule has 1 heterocycles. The van der Waals surface area contributed by atoms with Gasteiger partial charge in [0.05, 0.1) is 12.1 Å². The third-order valence-electron chi connectivity index (χ3n) is 3.85. The number of benzene rings is 1. The lowest BCUT2D eigenvalue weighted by Crippen LogP contribution is -2.45. The quantitative estimate of drug-likeness (QED) is 0.859. The Balaban J connectivity index is 1.70. The van der Waals surface area contributed by atoms with Gasteiger partial charge in [0.25, 0.3) is 5.91 Å². The Morgan fingerprint density at radius 2 is 1.90 bits per heavy atom. The van der Waals surface area contributed by atoms with Crippen LogP contribution in [0.15, 0.2) is 18.2 Å². The number of amides is 1. The van der Waals surface area contributed by atoms with E-state index in [1.807, 2.05) is 0 Å². The van der Waals surface area contributed by atoms with Crippen LogP contribution in [0.25, 0.3) is 0 Å². The van der Waals surface area contributed by atoms with Gasteiger partial charge in [-0.25, -0.2) is 0 Å². The molecule has 3 rings (SSSR count). The second kappa shape index (κ2) is 5.71. The van der Waals surface area contributed by atoms with E-state index in [4.69, 9.17) is 9.47 Å². The maximum Gasteiger partial charge on any atom is 0.251 e. The van der Waals surface area contributed by atoms with Crippen molar-refractivity contribution in [2.45, 2.75) is 37.8 Å². The van der Waals surface area contributed by atoms with E-state index in [0.29, 0.717) is 30.3 Å². The number of fused-ring (bicyclic) bond motifs is 1. The summed E-state index contributed by atoms with van der Waals surface area (Å²) >= 11 is 0. The maximum atomic E-state index is 12.2. The van der Waals surface area contributed by atoms with Crippen molar-refractivity contribution in [1.82, 2.24) is 5.32 Å². The van der Waals surface area contributed by atoms with Gasteiger partial charge in [-0.05, 0) is 31.0 Å². The van der Waals surface area contributed by atoms with Crippen LogP contribution in [0.2, 0.25) is 0 Å². The van der Waals surface area contributed by atoms with E-state index in [-0.39, 0.29) is 11.9 Å². The van der Waals surface area contributed by atoms with E-state index in [1.54, 1.807) is 18.2 Å². The molecule has 2 N–H and O–H groups in total. The van der Waals surface area contributed by atoms with Gasteiger partial charge in [0, 0.05) is 5.56 Å². The summed E-state index contributed by atoms with van der Waals surface area (Å²) in [5.41, 5.74) is 0.534. The highest BCUT2D eigenvalue weighted by Crippen LogP contribution is 2.30. The van der Waals surface area contributed by atoms with Crippen LogP contribution in [0.1, 0.15) is 36.0 Å². The number of hydrogen-bond donors (Lipinski definition) is 2. The van der Waals surface area contributed by atoms with Crippen molar-refractivity contribution < 1.29 is 19.4 Å². The normalized spacial score (nSPS) is 25.1. The summed E-state index contributed by atoms with van der Waals surface area (Å²) in [6, 6.07) is 5.02. The van der Waals surface area contributed by atoms with Gasteiger partial charge in [0.15, 0.2) is 11.5 Å². The minimum absolute atomic E-state index is 0.149. The van der Waals surface area contributed by atoms with E-state index < -0.39 is 6.10 Å². The Morgan fingerprint density at radius 3 is 2.70 bits per heavy atom. The zero-order valence-corrected chi connectivity index (χ0v) is 11.3. The Morgan fingerprint density at radius 1 is 1.15 bits per heavy atom. The van der Waals surface area contributed by atoms with Gasteiger partial charge in [0.1, 0.15) is 13.2 Å². The monoisotopic (exact) mass is 277 g/mol. The first-order valence-corrected chi connectivity index (χ1v) is 7.12. The molecule has 0 saturated heterocycles. The molecule has 2 aliphatic rings. The lowest BCUT2D eigenvalue weighted by Gasteiger charge is -2.28. The summed E-state index contributed by atoms with van der Waals surface area (Å²) in [5.74, 6) is 1.10. The number of aliphatic hydroxyl groups is 1. The molecule has 1 aromatic carbocycles. The van der Waals surface area contributed by atoms with Gasteiger partial charge >= 0.3 is 0 Å². The molecule has 1 saturated carbocycles. The number of carbonyl (C=O) groups is 1. The predicted octanol–water partition coefficient (Wildman–Crippen LogP) is 1.49. The van der Waals surface area contributed by atoms with Crippen molar-refractivity contribution in [3.8, 4) is 11.5 Å². The molecule has 108 valence electrons. The number of carbonyl (C=O) groups excluding carboxylic acids is 1. The fraction of sp³-hybridized carbons (Fsp3) is 0.533. The molecule has 0 unspecified atom stereocenters. The highest BCUT2D eigenvalue weighted by atomic mass is 16.6. The van der Waals surface area contributed by atoms with Crippen molar-refractivity contribution >= 4 is 5.91 Å². The van der Waals surface area contributed by atoms with E-state index in [2.05, 4.69) is 5.32 Å². The molecule has 1 aliphatic heterocycles. The third-order valence-corrected chi connectivity index (χ3v) is 3.85. The van der Waals surface area contributed by atoms with Crippen molar-refractivity contribution in [2.75, 3.05) is 13.2 Å². The van der Waals surface area contributed by atoms with E-state index in [9.17, 15) is 9.90 Å². The summed E-state index contributed by atoms with van der Waals surface area (Å²) in [7, 11) is 0. The van der Waals surface area contributed by atoms with E-state index in [1.165, 1.54) is 0 Å². The van der Waals surface area contributed by atoms with Crippen LogP contribution in [0.5, 0.6) is 11.5 Å². The SMILES string of the molecule is O=C(N[C@H]1CCCC[C@@H]1O)c1ccc2c(c1)OCCO2. The van der Waals surface area contributed by atoms with Crippen LogP contribution in [0, 0.1) is 0 Å². The standard InChI is InChI=1S/C15H19NO4/c17-12-4-2-1-3-11(12)16-15(18)10-5-6-13-14(9-10)20-8-7-19-13/h5-6,9,11-12,17H,1-4,7-8H2,(H,16,18)/t11-,12-/m0/s1. The molecule has 1 aromatic rings. The number of hydrogen-bond acceptors (Lipinski definition) is 4. The molecule has 1 aliphatic carbocycles. The first kappa shape index (κ1) is 13.2. The Kier molecular flexibility index (Phi) is 3.78. The fourth-order valence-corrected chi connectivity index (χ4v) is 2.72. The minimum Gasteiger partial charge on any atom is -0.486 e. The summed E-state index contributed by atoms with van der Waals surface area (Å²) < 4.78 is 10.9. The van der Waals surface area contributed by atoms with Crippen molar-refractivity contribution in [1.29, 1.82) is 0 Å². The molecule has 5 heteroatoms. The molecule has 1 fully saturated rings. The highest BCUT2D eigenvalue weighted by Gasteiger charge is 2.25. The maximum absolute atomic E-state index is 12.2. The molecule has 0 bridgehead atoms. The smallest absolute Gasteiger partial charge is 0.251 e. The summed E-state index contributed by atoms with van der Waals surface area (Å²) in [6.07, 6.45) is 3.22. The van der Waals surface area contributed by atoms with Crippen LogP contribution in [0.4, 0.5) is 0 Å². The van der Waals surface area contributed by atoms with Crippen molar-refractivity contribution in [2.24, 2.45) is 0 Å². The Bertz CT molecular complexity index is 503. The molecule has 1 amide bonds. The number of ether oxygens (including phenoxy) is 2. The molecule has 0 spiro atoms. The Labute approximate surface area is 117 Å². The first-order valence-electron chi connectivity index (χ1n) is 7.12. The minimum atomic E-state index is -0.440.